The van der Waals surface area contributed by atoms with E-state index in [4.69, 9.17) is 0 Å². The molecule has 0 aromatic rings. The number of nitrogens with one attached hydrogen (secondary N) is 1. The molecule has 0 bridgehead atoms. The Morgan fingerprint density at radius 1 is 1.22 bits per heavy atom. The second-order valence-corrected chi connectivity index (χ2v) is 5.34. The van der Waals surface area contributed by atoms with Crippen molar-refractivity contribution in [1.29, 1.82) is 0 Å². The Bertz CT molecular complexity index is 314. The van der Waals surface area contributed by atoms with Gasteiger partial charge in [0.1, 0.15) is 0 Å². The molecule has 1 N–H and O–H groups in total. The van der Waals surface area contributed by atoms with E-state index in [-0.39, 0.29) is 0 Å². The minimum atomic E-state index is 1.13. The number of nitrogens with zero attached hydrogens (tertiary/aromatic N) is 2. The van der Waals surface area contributed by atoms with E-state index in [1.165, 1.54) is 50.3 Å². The molecule has 1 aliphatic carbocycles. The van der Waals surface area contributed by atoms with Crippen LogP contribution in [0.3, 0.4) is 0 Å². The Balaban J connectivity index is 1.81. The first kappa shape index (κ1) is 13.6. The average molecular weight is 249 g/mol. The van der Waals surface area contributed by atoms with Crippen molar-refractivity contribution in [3.63, 3.8) is 0 Å². The zero-order chi connectivity index (χ0) is 12.8. The monoisotopic (exact) mass is 249 g/mol. The van der Waals surface area contributed by atoms with Crippen LogP contribution in [-0.2, 0) is 0 Å². The largest absolute Gasteiger partial charge is 0.374 e. The SMILES string of the molecule is CCN(CCN1CCNCC1)C1=CC=C(C)CC1. The van der Waals surface area contributed by atoms with Crippen molar-refractivity contribution in [2.24, 2.45) is 0 Å². The van der Waals surface area contributed by atoms with E-state index >= 15 is 0 Å². The Morgan fingerprint density at radius 3 is 2.61 bits per heavy atom. The van der Waals surface area contributed by atoms with E-state index in [1.807, 2.05) is 0 Å². The van der Waals surface area contributed by atoms with E-state index in [9.17, 15) is 0 Å². The molecular formula is C15H27N3. The summed E-state index contributed by atoms with van der Waals surface area (Å²) in [7, 11) is 0. The lowest BCUT2D eigenvalue weighted by molar-refractivity contribution is 0.208. The molecule has 0 aromatic carbocycles. The van der Waals surface area contributed by atoms with Gasteiger partial charge in [-0.2, -0.15) is 0 Å². The molecule has 0 amide bonds. The predicted octanol–water partition coefficient (Wildman–Crippen LogP) is 1.84. The van der Waals surface area contributed by atoms with Crippen molar-refractivity contribution >= 4 is 0 Å². The minimum absolute atomic E-state index is 1.13. The molecule has 102 valence electrons. The third kappa shape index (κ3) is 3.85. The molecule has 0 unspecified atom stereocenters. The molecular weight excluding hydrogens is 222 g/mol. The van der Waals surface area contributed by atoms with Gasteiger partial charge in [-0.1, -0.05) is 11.6 Å². The summed E-state index contributed by atoms with van der Waals surface area (Å²) in [6.07, 6.45) is 7.06. The zero-order valence-corrected chi connectivity index (χ0v) is 11.9. The van der Waals surface area contributed by atoms with Gasteiger partial charge in [0, 0.05) is 51.5 Å². The third-order valence-corrected chi connectivity index (χ3v) is 4.02. The van der Waals surface area contributed by atoms with Crippen LogP contribution in [0.15, 0.2) is 23.4 Å². The zero-order valence-electron chi connectivity index (χ0n) is 11.9. The molecule has 18 heavy (non-hydrogen) atoms. The van der Waals surface area contributed by atoms with Crippen molar-refractivity contribution in [2.75, 3.05) is 45.8 Å². The fraction of sp³-hybridized carbons (Fsp3) is 0.733. The summed E-state index contributed by atoms with van der Waals surface area (Å²) in [4.78, 5) is 5.12. The Morgan fingerprint density at radius 2 is 2.00 bits per heavy atom. The van der Waals surface area contributed by atoms with Gasteiger partial charge in [0.05, 0.1) is 0 Å². The molecule has 0 atom stereocenters. The maximum Gasteiger partial charge on any atom is 0.0302 e. The second kappa shape index (κ2) is 6.95. The van der Waals surface area contributed by atoms with Gasteiger partial charge >= 0.3 is 0 Å². The second-order valence-electron chi connectivity index (χ2n) is 5.34. The number of hydrogen-bond acceptors (Lipinski definition) is 3. The third-order valence-electron chi connectivity index (χ3n) is 4.02. The molecule has 3 heteroatoms. The molecule has 1 aliphatic heterocycles. The minimum Gasteiger partial charge on any atom is -0.374 e. The van der Waals surface area contributed by atoms with Crippen LogP contribution in [0.2, 0.25) is 0 Å². The summed E-state index contributed by atoms with van der Waals surface area (Å²) >= 11 is 0. The fourth-order valence-electron chi connectivity index (χ4n) is 2.70. The predicted molar refractivity (Wildman–Crippen MR) is 77.6 cm³/mol. The Hall–Kier alpha value is -0.800. The van der Waals surface area contributed by atoms with Crippen LogP contribution in [0, 0.1) is 0 Å². The Labute approximate surface area is 112 Å². The molecule has 0 aromatic heterocycles. The summed E-state index contributed by atoms with van der Waals surface area (Å²) in [5.41, 5.74) is 3.04. The number of likely N-dealkylation sites (N-methyl/N-ethyl adjacent to an activating group) is 1. The highest BCUT2D eigenvalue weighted by atomic mass is 15.2. The van der Waals surface area contributed by atoms with Crippen molar-refractivity contribution < 1.29 is 0 Å². The smallest absolute Gasteiger partial charge is 0.0302 e. The van der Waals surface area contributed by atoms with Gasteiger partial charge in [0.2, 0.25) is 0 Å². The van der Waals surface area contributed by atoms with Gasteiger partial charge in [-0.15, -0.1) is 0 Å². The molecule has 1 heterocycles. The van der Waals surface area contributed by atoms with Crippen molar-refractivity contribution in [3.05, 3.63) is 23.4 Å². The lowest BCUT2D eigenvalue weighted by Crippen LogP contribution is -2.46. The molecule has 0 saturated carbocycles. The fourth-order valence-corrected chi connectivity index (χ4v) is 2.70. The van der Waals surface area contributed by atoms with Crippen LogP contribution in [0.4, 0.5) is 0 Å². The van der Waals surface area contributed by atoms with E-state index in [1.54, 1.807) is 0 Å². The summed E-state index contributed by atoms with van der Waals surface area (Å²) in [6.45, 7) is 12.7. The first-order valence-corrected chi connectivity index (χ1v) is 7.34. The van der Waals surface area contributed by atoms with Gasteiger partial charge in [0.15, 0.2) is 0 Å². The summed E-state index contributed by atoms with van der Waals surface area (Å²) < 4.78 is 0. The van der Waals surface area contributed by atoms with Crippen LogP contribution >= 0.6 is 0 Å². The standard InChI is InChI=1S/C15H27N3/c1-3-18(15-6-4-14(2)5-7-15)13-12-17-10-8-16-9-11-17/h4,6,16H,3,5,7-13H2,1-2H3. The maximum atomic E-state index is 3.41. The number of hydrogen-bond donors (Lipinski definition) is 1. The lowest BCUT2D eigenvalue weighted by Gasteiger charge is -2.32. The molecule has 0 radical (unpaired) electrons. The van der Waals surface area contributed by atoms with E-state index in [0.29, 0.717) is 0 Å². The molecule has 1 fully saturated rings. The topological polar surface area (TPSA) is 18.5 Å². The van der Waals surface area contributed by atoms with Gasteiger partial charge in [-0.25, -0.2) is 0 Å². The van der Waals surface area contributed by atoms with Gasteiger partial charge in [0.25, 0.3) is 0 Å². The highest BCUT2D eigenvalue weighted by Gasteiger charge is 2.13. The normalized spacial score (nSPS) is 21.4. The number of rotatable bonds is 5. The maximum absolute atomic E-state index is 3.41. The van der Waals surface area contributed by atoms with E-state index in [0.717, 1.165) is 19.6 Å². The van der Waals surface area contributed by atoms with Crippen molar-refractivity contribution in [1.82, 2.24) is 15.1 Å². The molecule has 1 saturated heterocycles. The van der Waals surface area contributed by atoms with E-state index < -0.39 is 0 Å². The van der Waals surface area contributed by atoms with Crippen molar-refractivity contribution in [2.45, 2.75) is 26.7 Å². The molecule has 2 aliphatic rings. The highest BCUT2D eigenvalue weighted by molar-refractivity contribution is 5.22. The van der Waals surface area contributed by atoms with Gasteiger partial charge in [-0.3, -0.25) is 4.90 Å². The van der Waals surface area contributed by atoms with Crippen molar-refractivity contribution in [3.8, 4) is 0 Å². The molecule has 0 spiro atoms. The average Bonchev–Trinajstić information content (AvgIpc) is 2.42. The highest BCUT2D eigenvalue weighted by Crippen LogP contribution is 2.20. The van der Waals surface area contributed by atoms with Crippen LogP contribution < -0.4 is 5.32 Å². The molecule has 2 rings (SSSR count). The number of piperazine rings is 1. The quantitative estimate of drug-likeness (QED) is 0.802. The van der Waals surface area contributed by atoms with Crippen LogP contribution in [0.25, 0.3) is 0 Å². The molecule has 3 nitrogen and oxygen atoms in total. The first-order chi connectivity index (χ1) is 8.79. The van der Waals surface area contributed by atoms with E-state index in [2.05, 4.69) is 41.1 Å². The van der Waals surface area contributed by atoms with Crippen LogP contribution in [0.5, 0.6) is 0 Å². The van der Waals surface area contributed by atoms with Crippen LogP contribution in [-0.4, -0.2) is 55.6 Å². The number of allylic oxidation sites excluding steroid dienone is 4. The van der Waals surface area contributed by atoms with Crippen LogP contribution in [0.1, 0.15) is 26.7 Å². The lowest BCUT2D eigenvalue weighted by atomic mass is 10.0. The summed E-state index contributed by atoms with van der Waals surface area (Å²) in [5, 5.41) is 3.41. The summed E-state index contributed by atoms with van der Waals surface area (Å²) in [6, 6.07) is 0. The van der Waals surface area contributed by atoms with Gasteiger partial charge < -0.3 is 10.2 Å². The summed E-state index contributed by atoms with van der Waals surface area (Å²) in [5.74, 6) is 0. The first-order valence-electron chi connectivity index (χ1n) is 7.34. The Kier molecular flexibility index (Phi) is 5.26. The van der Waals surface area contributed by atoms with Gasteiger partial charge in [-0.05, 0) is 32.8 Å².